The number of rotatable bonds is 4. The fraction of sp³-hybridized carbons (Fsp3) is 0.562. The molecule has 3 heterocycles. The van der Waals surface area contributed by atoms with E-state index in [0.717, 1.165) is 13.0 Å². The number of aromatic amines is 1. The van der Waals surface area contributed by atoms with E-state index < -0.39 is 0 Å². The SMILES string of the molecule is O=c1c2cccnc2[nH]c(=S)n1CCC[NH+]1CCCCCC1. The average Bonchev–Trinajstić information content (AvgIpc) is 2.79. The van der Waals surface area contributed by atoms with E-state index in [9.17, 15) is 4.79 Å². The van der Waals surface area contributed by atoms with Crippen LogP contribution in [0, 0.1) is 4.77 Å². The van der Waals surface area contributed by atoms with Gasteiger partial charge in [0, 0.05) is 19.2 Å². The van der Waals surface area contributed by atoms with Crippen molar-refractivity contribution in [2.24, 2.45) is 0 Å². The number of hydrogen-bond acceptors (Lipinski definition) is 3. The largest absolute Gasteiger partial charge is 0.335 e. The topological polar surface area (TPSA) is 55.1 Å². The van der Waals surface area contributed by atoms with Gasteiger partial charge in [-0.25, -0.2) is 4.98 Å². The number of likely N-dealkylation sites (tertiary alicyclic amines) is 1. The molecule has 0 aromatic carbocycles. The van der Waals surface area contributed by atoms with Crippen molar-refractivity contribution in [2.75, 3.05) is 19.6 Å². The number of aromatic nitrogens is 3. The van der Waals surface area contributed by atoms with Gasteiger partial charge in [-0.05, 0) is 50.0 Å². The van der Waals surface area contributed by atoms with Crippen molar-refractivity contribution in [2.45, 2.75) is 38.6 Å². The second-order valence-corrected chi connectivity index (χ2v) is 6.44. The van der Waals surface area contributed by atoms with Gasteiger partial charge >= 0.3 is 0 Å². The van der Waals surface area contributed by atoms with Gasteiger partial charge in [0.1, 0.15) is 5.65 Å². The molecule has 0 bridgehead atoms. The Labute approximate surface area is 135 Å². The van der Waals surface area contributed by atoms with Crippen molar-refractivity contribution < 1.29 is 4.90 Å². The second kappa shape index (κ2) is 7.15. The minimum atomic E-state index is -0.0299. The van der Waals surface area contributed by atoms with E-state index in [1.807, 2.05) is 0 Å². The number of pyridine rings is 1. The van der Waals surface area contributed by atoms with Crippen molar-refractivity contribution in [3.8, 4) is 0 Å². The first kappa shape index (κ1) is 15.4. The molecule has 2 aromatic rings. The summed E-state index contributed by atoms with van der Waals surface area (Å²) in [6, 6.07) is 3.58. The Hall–Kier alpha value is -1.53. The Morgan fingerprint density at radius 2 is 2.05 bits per heavy atom. The van der Waals surface area contributed by atoms with Crippen molar-refractivity contribution in [1.82, 2.24) is 14.5 Å². The third-order valence-electron chi connectivity index (χ3n) is 4.48. The number of nitrogens with one attached hydrogen (secondary N) is 2. The monoisotopic (exact) mass is 319 g/mol. The van der Waals surface area contributed by atoms with Crippen molar-refractivity contribution in [1.29, 1.82) is 0 Å². The minimum Gasteiger partial charge on any atom is -0.335 e. The molecule has 1 aliphatic rings. The molecule has 3 rings (SSSR count). The van der Waals surface area contributed by atoms with Gasteiger partial charge in [-0.2, -0.15) is 0 Å². The molecular weight excluding hydrogens is 296 g/mol. The van der Waals surface area contributed by atoms with E-state index in [4.69, 9.17) is 12.2 Å². The van der Waals surface area contributed by atoms with Gasteiger partial charge in [0.2, 0.25) is 0 Å². The Balaban J connectivity index is 1.71. The molecule has 1 saturated heterocycles. The quantitative estimate of drug-likeness (QED) is 0.835. The first-order valence-electron chi connectivity index (χ1n) is 8.17. The van der Waals surface area contributed by atoms with E-state index in [0.29, 0.717) is 22.3 Å². The lowest BCUT2D eigenvalue weighted by molar-refractivity contribution is -0.899. The minimum absolute atomic E-state index is 0.0299. The predicted molar refractivity (Wildman–Crippen MR) is 89.8 cm³/mol. The van der Waals surface area contributed by atoms with Crippen LogP contribution >= 0.6 is 12.2 Å². The lowest BCUT2D eigenvalue weighted by Crippen LogP contribution is -3.11. The molecule has 118 valence electrons. The van der Waals surface area contributed by atoms with Gasteiger partial charge in [-0.1, -0.05) is 0 Å². The maximum Gasteiger partial charge on any atom is 0.263 e. The van der Waals surface area contributed by atoms with Gasteiger partial charge in [0.25, 0.3) is 5.56 Å². The van der Waals surface area contributed by atoms with Crippen LogP contribution in [-0.2, 0) is 6.54 Å². The van der Waals surface area contributed by atoms with E-state index in [1.54, 1.807) is 27.8 Å². The van der Waals surface area contributed by atoms with Crippen molar-refractivity contribution in [3.05, 3.63) is 33.5 Å². The summed E-state index contributed by atoms with van der Waals surface area (Å²) in [5.41, 5.74) is 0.546. The summed E-state index contributed by atoms with van der Waals surface area (Å²) in [4.78, 5) is 21.4. The van der Waals surface area contributed by atoms with Crippen LogP contribution in [0.4, 0.5) is 0 Å². The Kier molecular flexibility index (Phi) is 5.00. The van der Waals surface area contributed by atoms with Crippen LogP contribution in [-0.4, -0.2) is 34.2 Å². The molecule has 0 spiro atoms. The Morgan fingerprint density at radius 3 is 2.82 bits per heavy atom. The molecular formula is C16H23N4OS+. The summed E-state index contributed by atoms with van der Waals surface area (Å²) >= 11 is 5.32. The molecule has 1 aliphatic heterocycles. The molecule has 0 aliphatic carbocycles. The van der Waals surface area contributed by atoms with Crippen LogP contribution in [0.2, 0.25) is 0 Å². The number of hydrogen-bond donors (Lipinski definition) is 2. The molecule has 0 amide bonds. The summed E-state index contributed by atoms with van der Waals surface area (Å²) in [7, 11) is 0. The molecule has 6 heteroatoms. The first-order valence-corrected chi connectivity index (χ1v) is 8.58. The maximum absolute atomic E-state index is 12.5. The fourth-order valence-electron chi connectivity index (χ4n) is 3.25. The highest BCUT2D eigenvalue weighted by atomic mass is 32.1. The standard InChI is InChI=1S/C16H22N4OS/c21-15-13-7-5-8-17-14(13)18-16(22)20(15)12-6-11-19-9-3-1-2-4-10-19/h5,7-8H,1-4,6,9-12H2,(H,17,18,22)/p+1. The maximum atomic E-state index is 12.5. The number of fused-ring (bicyclic) bond motifs is 1. The highest BCUT2D eigenvalue weighted by Crippen LogP contribution is 2.03. The summed E-state index contributed by atoms with van der Waals surface area (Å²) < 4.78 is 2.15. The summed E-state index contributed by atoms with van der Waals surface area (Å²) in [6.45, 7) is 4.33. The summed E-state index contributed by atoms with van der Waals surface area (Å²) in [5, 5.41) is 0.609. The van der Waals surface area contributed by atoms with Crippen LogP contribution in [0.15, 0.2) is 23.1 Å². The van der Waals surface area contributed by atoms with E-state index in [2.05, 4.69) is 9.97 Å². The normalized spacial score (nSPS) is 16.7. The lowest BCUT2D eigenvalue weighted by Gasteiger charge is -2.17. The molecule has 0 unspecified atom stereocenters. The molecule has 0 radical (unpaired) electrons. The zero-order valence-corrected chi connectivity index (χ0v) is 13.6. The number of nitrogens with zero attached hydrogens (tertiary/aromatic N) is 2. The van der Waals surface area contributed by atoms with Gasteiger partial charge in [0.15, 0.2) is 4.77 Å². The van der Waals surface area contributed by atoms with Crippen LogP contribution in [0.25, 0.3) is 11.0 Å². The van der Waals surface area contributed by atoms with Gasteiger partial charge < -0.3 is 9.88 Å². The summed E-state index contributed by atoms with van der Waals surface area (Å²) in [6.07, 6.45) is 8.05. The third kappa shape index (κ3) is 3.44. The zero-order valence-electron chi connectivity index (χ0n) is 12.8. The molecule has 5 nitrogen and oxygen atoms in total. The number of quaternary nitrogens is 1. The van der Waals surface area contributed by atoms with E-state index in [-0.39, 0.29) is 5.56 Å². The molecule has 1 fully saturated rings. The molecule has 2 aromatic heterocycles. The van der Waals surface area contributed by atoms with Gasteiger partial charge in [-0.15, -0.1) is 0 Å². The van der Waals surface area contributed by atoms with Crippen LogP contribution < -0.4 is 10.5 Å². The van der Waals surface area contributed by atoms with Crippen LogP contribution in [0.3, 0.4) is 0 Å². The van der Waals surface area contributed by atoms with Crippen LogP contribution in [0.5, 0.6) is 0 Å². The lowest BCUT2D eigenvalue weighted by atomic mass is 10.2. The first-order chi connectivity index (χ1) is 10.8. The molecule has 0 atom stereocenters. The van der Waals surface area contributed by atoms with E-state index in [1.165, 1.54) is 38.8 Å². The summed E-state index contributed by atoms with van der Waals surface area (Å²) in [5.74, 6) is 0. The Bertz CT molecular complexity index is 744. The van der Waals surface area contributed by atoms with Crippen molar-refractivity contribution >= 4 is 23.3 Å². The highest BCUT2D eigenvalue weighted by Gasteiger charge is 2.12. The average molecular weight is 319 g/mol. The highest BCUT2D eigenvalue weighted by molar-refractivity contribution is 7.71. The van der Waals surface area contributed by atoms with Gasteiger partial charge in [-0.3, -0.25) is 9.36 Å². The van der Waals surface area contributed by atoms with Gasteiger partial charge in [0.05, 0.1) is 25.0 Å². The second-order valence-electron chi connectivity index (χ2n) is 6.05. The number of H-pyrrole nitrogens is 1. The van der Waals surface area contributed by atoms with Crippen LogP contribution in [0.1, 0.15) is 32.1 Å². The Morgan fingerprint density at radius 1 is 1.27 bits per heavy atom. The fourth-order valence-corrected chi connectivity index (χ4v) is 3.52. The molecule has 22 heavy (non-hydrogen) atoms. The molecule has 0 saturated carbocycles. The zero-order chi connectivity index (χ0) is 15.4. The van der Waals surface area contributed by atoms with Crippen molar-refractivity contribution in [3.63, 3.8) is 0 Å². The third-order valence-corrected chi connectivity index (χ3v) is 4.80. The molecule has 2 N–H and O–H groups in total. The predicted octanol–water partition coefficient (Wildman–Crippen LogP) is 1.30. The smallest absolute Gasteiger partial charge is 0.263 e. The van der Waals surface area contributed by atoms with E-state index >= 15 is 0 Å².